The van der Waals surface area contributed by atoms with Crippen LogP contribution in [0.3, 0.4) is 0 Å². The Labute approximate surface area is 187 Å². The van der Waals surface area contributed by atoms with Gasteiger partial charge in [-0.25, -0.2) is 14.0 Å². The molecule has 0 spiro atoms. The summed E-state index contributed by atoms with van der Waals surface area (Å²) in [4.78, 5) is 27.1. The van der Waals surface area contributed by atoms with Gasteiger partial charge in [0.2, 0.25) is 6.33 Å². The molecule has 0 atom stereocenters. The van der Waals surface area contributed by atoms with E-state index in [4.69, 9.17) is 0 Å². The standard InChI is InChI=1S/C27H26N3O2/c1-17-13-18(2)20(4)23(19(17)3)14-28-15-29(25-12-8-7-11-24(25)28)16-30-26(31)21-9-5-6-10-22(21)27(30)32/h5-13,15H,14,16H2,1-4H3/q+1. The zero-order valence-corrected chi connectivity index (χ0v) is 18.8. The van der Waals surface area contributed by atoms with Crippen molar-refractivity contribution in [2.24, 2.45) is 0 Å². The van der Waals surface area contributed by atoms with E-state index in [0.717, 1.165) is 17.6 Å². The highest BCUT2D eigenvalue weighted by Crippen LogP contribution is 2.25. The van der Waals surface area contributed by atoms with Crippen molar-refractivity contribution in [2.75, 3.05) is 0 Å². The lowest BCUT2D eigenvalue weighted by Gasteiger charge is -2.14. The number of nitrogens with zero attached hydrogens (tertiary/aromatic N) is 3. The van der Waals surface area contributed by atoms with E-state index in [1.807, 2.05) is 29.1 Å². The summed E-state index contributed by atoms with van der Waals surface area (Å²) in [6.07, 6.45) is 2.02. The molecule has 1 aliphatic rings. The molecule has 5 heteroatoms. The van der Waals surface area contributed by atoms with Gasteiger partial charge in [0.15, 0.2) is 17.7 Å². The predicted octanol–water partition coefficient (Wildman–Crippen LogP) is 4.46. The van der Waals surface area contributed by atoms with Crippen LogP contribution >= 0.6 is 0 Å². The van der Waals surface area contributed by atoms with Crippen LogP contribution < -0.4 is 4.57 Å². The van der Waals surface area contributed by atoms with E-state index in [-0.39, 0.29) is 18.5 Å². The van der Waals surface area contributed by atoms with Crippen molar-refractivity contribution >= 4 is 22.8 Å². The Morgan fingerprint density at radius 3 is 1.97 bits per heavy atom. The molecule has 0 saturated carbocycles. The van der Waals surface area contributed by atoms with Gasteiger partial charge in [0.25, 0.3) is 11.8 Å². The molecule has 0 aliphatic carbocycles. The van der Waals surface area contributed by atoms with Gasteiger partial charge in [-0.2, -0.15) is 0 Å². The Morgan fingerprint density at radius 2 is 1.34 bits per heavy atom. The van der Waals surface area contributed by atoms with Crippen LogP contribution in [0.5, 0.6) is 0 Å². The van der Waals surface area contributed by atoms with E-state index in [2.05, 4.69) is 44.4 Å². The third-order valence-corrected chi connectivity index (χ3v) is 6.80. The van der Waals surface area contributed by atoms with Crippen molar-refractivity contribution in [1.29, 1.82) is 0 Å². The topological polar surface area (TPSA) is 46.2 Å². The largest absolute Gasteiger partial charge is 0.268 e. The van der Waals surface area contributed by atoms with Crippen molar-refractivity contribution in [3.8, 4) is 0 Å². The number of rotatable bonds is 4. The minimum absolute atomic E-state index is 0.185. The summed E-state index contributed by atoms with van der Waals surface area (Å²) in [6, 6.07) is 17.4. The Kier molecular flexibility index (Phi) is 4.70. The van der Waals surface area contributed by atoms with E-state index in [0.29, 0.717) is 11.1 Å². The maximum atomic E-state index is 12.9. The first kappa shape index (κ1) is 20.2. The van der Waals surface area contributed by atoms with Crippen LogP contribution in [0.1, 0.15) is 48.5 Å². The number of imide groups is 1. The molecule has 0 radical (unpaired) electrons. The number of imidazole rings is 1. The zero-order valence-electron chi connectivity index (χ0n) is 18.8. The van der Waals surface area contributed by atoms with Gasteiger partial charge in [0.05, 0.1) is 11.1 Å². The molecule has 5 nitrogen and oxygen atoms in total. The van der Waals surface area contributed by atoms with E-state index in [1.165, 1.54) is 32.7 Å². The molecule has 0 unspecified atom stereocenters. The summed E-state index contributed by atoms with van der Waals surface area (Å²) in [7, 11) is 0. The molecule has 0 bridgehead atoms. The number of hydrogen-bond donors (Lipinski definition) is 0. The highest BCUT2D eigenvalue weighted by molar-refractivity contribution is 6.21. The van der Waals surface area contributed by atoms with Crippen LogP contribution in [-0.2, 0) is 13.2 Å². The summed E-state index contributed by atoms with van der Waals surface area (Å²) in [5, 5.41) is 0. The van der Waals surface area contributed by atoms with Gasteiger partial charge in [-0.15, -0.1) is 0 Å². The molecule has 32 heavy (non-hydrogen) atoms. The molecule has 1 aliphatic heterocycles. The minimum atomic E-state index is -0.240. The SMILES string of the molecule is Cc1cc(C)c(C)c(Cn2c[n+](CN3C(=O)c4ccccc4C3=O)c3ccccc32)c1C. The molecule has 5 rings (SSSR count). The maximum Gasteiger partial charge on any atom is 0.264 e. The van der Waals surface area contributed by atoms with E-state index in [1.54, 1.807) is 24.3 Å². The summed E-state index contributed by atoms with van der Waals surface area (Å²) in [5.41, 5.74) is 9.51. The van der Waals surface area contributed by atoms with E-state index < -0.39 is 0 Å². The average molecular weight is 425 g/mol. The highest BCUT2D eigenvalue weighted by atomic mass is 16.2. The summed E-state index contributed by atoms with van der Waals surface area (Å²) >= 11 is 0. The zero-order chi connectivity index (χ0) is 22.6. The second-order valence-electron chi connectivity index (χ2n) is 8.67. The van der Waals surface area contributed by atoms with Gasteiger partial charge in [0.1, 0.15) is 6.54 Å². The lowest BCUT2D eigenvalue weighted by molar-refractivity contribution is -0.685. The number of aryl methyl sites for hydroxylation is 2. The molecule has 0 N–H and O–H groups in total. The molecule has 3 aromatic carbocycles. The summed E-state index contributed by atoms with van der Waals surface area (Å²) in [6.45, 7) is 9.58. The Bertz CT molecular complexity index is 1350. The fourth-order valence-corrected chi connectivity index (χ4v) is 4.71. The summed E-state index contributed by atoms with van der Waals surface area (Å²) in [5.74, 6) is -0.480. The lowest BCUT2D eigenvalue weighted by atomic mass is 9.94. The molecule has 0 fully saturated rings. The average Bonchev–Trinajstić information content (AvgIpc) is 3.26. The van der Waals surface area contributed by atoms with Crippen LogP contribution in [0.25, 0.3) is 11.0 Å². The van der Waals surface area contributed by atoms with Crippen LogP contribution in [0.4, 0.5) is 0 Å². The third kappa shape index (κ3) is 3.04. The Balaban J connectivity index is 1.56. The number of benzene rings is 3. The summed E-state index contributed by atoms with van der Waals surface area (Å²) < 4.78 is 4.20. The van der Waals surface area contributed by atoms with Gasteiger partial charge in [-0.1, -0.05) is 30.3 Å². The first-order chi connectivity index (χ1) is 15.4. The van der Waals surface area contributed by atoms with Crippen LogP contribution in [0, 0.1) is 27.7 Å². The number of fused-ring (bicyclic) bond motifs is 2. The van der Waals surface area contributed by atoms with Crippen molar-refractivity contribution in [3.63, 3.8) is 0 Å². The smallest absolute Gasteiger partial charge is 0.264 e. The Hall–Kier alpha value is -3.73. The van der Waals surface area contributed by atoms with Gasteiger partial charge < -0.3 is 0 Å². The van der Waals surface area contributed by atoms with Crippen LogP contribution in [-0.4, -0.2) is 21.3 Å². The van der Waals surface area contributed by atoms with Crippen molar-refractivity contribution in [1.82, 2.24) is 9.47 Å². The number of para-hydroxylation sites is 2. The molecular formula is C27H26N3O2+. The van der Waals surface area contributed by atoms with Gasteiger partial charge >= 0.3 is 0 Å². The van der Waals surface area contributed by atoms with Crippen molar-refractivity contribution in [2.45, 2.75) is 40.9 Å². The number of hydrogen-bond acceptors (Lipinski definition) is 2. The molecule has 0 saturated heterocycles. The van der Waals surface area contributed by atoms with E-state index in [9.17, 15) is 9.59 Å². The number of carbonyl (C=O) groups excluding carboxylic acids is 2. The van der Waals surface area contributed by atoms with Crippen molar-refractivity contribution in [3.05, 3.63) is 99.9 Å². The molecule has 1 aromatic heterocycles. The molecule has 4 aromatic rings. The van der Waals surface area contributed by atoms with Gasteiger partial charge in [0, 0.05) is 0 Å². The highest BCUT2D eigenvalue weighted by Gasteiger charge is 2.37. The molecule has 160 valence electrons. The maximum absolute atomic E-state index is 12.9. The predicted molar refractivity (Wildman–Crippen MR) is 124 cm³/mol. The van der Waals surface area contributed by atoms with Crippen LogP contribution in [0.2, 0.25) is 0 Å². The molecule has 2 heterocycles. The number of amides is 2. The fraction of sp³-hybridized carbons (Fsp3) is 0.222. The van der Waals surface area contributed by atoms with Gasteiger partial charge in [-0.05, 0) is 79.8 Å². The fourth-order valence-electron chi connectivity index (χ4n) is 4.71. The van der Waals surface area contributed by atoms with Crippen LogP contribution in [0.15, 0.2) is 60.9 Å². The van der Waals surface area contributed by atoms with Gasteiger partial charge in [-0.3, -0.25) is 9.59 Å². The number of aromatic nitrogens is 2. The quantitative estimate of drug-likeness (QED) is 0.359. The lowest BCUT2D eigenvalue weighted by Crippen LogP contribution is -2.45. The first-order valence-electron chi connectivity index (χ1n) is 10.9. The molecule has 2 amide bonds. The molecular weight excluding hydrogens is 398 g/mol. The normalized spacial score (nSPS) is 13.3. The van der Waals surface area contributed by atoms with Crippen molar-refractivity contribution < 1.29 is 14.2 Å². The Morgan fingerprint density at radius 1 is 0.781 bits per heavy atom. The second-order valence-corrected chi connectivity index (χ2v) is 8.67. The monoisotopic (exact) mass is 424 g/mol. The minimum Gasteiger partial charge on any atom is -0.268 e. The second kappa shape index (κ2) is 7.45. The number of carbonyl (C=O) groups is 2. The third-order valence-electron chi connectivity index (χ3n) is 6.80. The van der Waals surface area contributed by atoms with E-state index >= 15 is 0 Å². The first-order valence-corrected chi connectivity index (χ1v) is 10.9.